The Labute approximate surface area is 155 Å². The minimum atomic E-state index is -1.19. The van der Waals surface area contributed by atoms with Crippen LogP contribution in [-0.2, 0) is 6.54 Å². The van der Waals surface area contributed by atoms with Crippen LogP contribution in [0.15, 0.2) is 18.2 Å². The van der Waals surface area contributed by atoms with Gasteiger partial charge in [0.15, 0.2) is 0 Å². The second kappa shape index (κ2) is 10.0. The first kappa shape index (κ1) is 20.0. The first-order valence-electron chi connectivity index (χ1n) is 8.73. The van der Waals surface area contributed by atoms with Crippen molar-refractivity contribution in [2.24, 2.45) is 11.7 Å². The van der Waals surface area contributed by atoms with Crippen LogP contribution in [-0.4, -0.2) is 41.2 Å². The monoisotopic (exact) mass is 372 g/mol. The Balaban J connectivity index is 1.70. The van der Waals surface area contributed by atoms with E-state index in [1.807, 2.05) is 12.1 Å². The average molecular weight is 373 g/mol. The van der Waals surface area contributed by atoms with Gasteiger partial charge < -0.3 is 15.8 Å². The molecule has 7 heteroatoms. The largest absolute Gasteiger partial charge is 0.451 e. The zero-order chi connectivity index (χ0) is 17.5. The number of nitrogens with two attached hydrogens (primary N) is 1. The SMILES string of the molecule is NC(CCCCB(O)O)C1CCN(Cc2ccc(Cl)cc2Cl)CC1. The molecule has 0 spiro atoms. The number of unbranched alkanes of at least 4 members (excludes halogenated alkanes) is 1. The number of hydrogen-bond acceptors (Lipinski definition) is 4. The van der Waals surface area contributed by atoms with Gasteiger partial charge in [0.2, 0.25) is 0 Å². The fourth-order valence-electron chi connectivity index (χ4n) is 3.37. The van der Waals surface area contributed by atoms with Crippen molar-refractivity contribution in [3.63, 3.8) is 0 Å². The van der Waals surface area contributed by atoms with Crippen molar-refractivity contribution in [3.05, 3.63) is 33.8 Å². The highest BCUT2D eigenvalue weighted by Gasteiger charge is 2.24. The van der Waals surface area contributed by atoms with Crippen molar-refractivity contribution in [2.75, 3.05) is 13.1 Å². The number of halogens is 2. The third kappa shape index (κ3) is 6.55. The lowest BCUT2D eigenvalue weighted by molar-refractivity contribution is 0.159. The van der Waals surface area contributed by atoms with E-state index in [4.69, 9.17) is 39.0 Å². The molecular weight excluding hydrogens is 346 g/mol. The molecule has 1 aliphatic heterocycles. The molecule has 1 atom stereocenters. The molecule has 2 rings (SSSR count). The maximum absolute atomic E-state index is 8.85. The van der Waals surface area contributed by atoms with Gasteiger partial charge >= 0.3 is 7.12 Å². The molecule has 0 aliphatic carbocycles. The Bertz CT molecular complexity index is 511. The molecule has 1 fully saturated rings. The Morgan fingerprint density at radius 2 is 1.92 bits per heavy atom. The molecule has 0 aromatic heterocycles. The molecule has 24 heavy (non-hydrogen) atoms. The van der Waals surface area contributed by atoms with Crippen LogP contribution < -0.4 is 5.73 Å². The second-order valence-corrected chi connectivity index (χ2v) is 7.62. The molecule has 0 radical (unpaired) electrons. The topological polar surface area (TPSA) is 69.7 Å². The molecular formula is C17H27BCl2N2O2. The van der Waals surface area contributed by atoms with Gasteiger partial charge in [-0.2, -0.15) is 0 Å². The molecule has 1 aromatic carbocycles. The summed E-state index contributed by atoms with van der Waals surface area (Å²) >= 11 is 12.2. The van der Waals surface area contributed by atoms with E-state index in [1.54, 1.807) is 6.07 Å². The van der Waals surface area contributed by atoms with Crippen molar-refractivity contribution in [3.8, 4) is 0 Å². The molecule has 134 valence electrons. The fraction of sp³-hybridized carbons (Fsp3) is 0.647. The Hall–Kier alpha value is -0.295. The van der Waals surface area contributed by atoms with Gasteiger partial charge in [0.25, 0.3) is 0 Å². The molecule has 1 saturated heterocycles. The molecule has 1 aromatic rings. The molecule has 4 nitrogen and oxygen atoms in total. The zero-order valence-electron chi connectivity index (χ0n) is 14.0. The van der Waals surface area contributed by atoms with Crippen LogP contribution in [0.2, 0.25) is 16.4 Å². The Morgan fingerprint density at radius 3 is 2.54 bits per heavy atom. The predicted molar refractivity (Wildman–Crippen MR) is 101 cm³/mol. The van der Waals surface area contributed by atoms with Gasteiger partial charge in [-0.3, -0.25) is 4.90 Å². The molecule has 4 N–H and O–H groups in total. The van der Waals surface area contributed by atoms with Crippen LogP contribution in [0.4, 0.5) is 0 Å². The van der Waals surface area contributed by atoms with Crippen LogP contribution in [0, 0.1) is 5.92 Å². The summed E-state index contributed by atoms with van der Waals surface area (Å²) in [6.45, 7) is 2.92. The van der Waals surface area contributed by atoms with E-state index in [1.165, 1.54) is 0 Å². The fourth-order valence-corrected chi connectivity index (χ4v) is 3.84. The lowest BCUT2D eigenvalue weighted by Crippen LogP contribution is -2.40. The highest BCUT2D eigenvalue weighted by atomic mass is 35.5. The van der Waals surface area contributed by atoms with E-state index >= 15 is 0 Å². The number of rotatable bonds is 8. The van der Waals surface area contributed by atoms with Crippen molar-refractivity contribution in [1.29, 1.82) is 0 Å². The first-order valence-corrected chi connectivity index (χ1v) is 9.49. The van der Waals surface area contributed by atoms with Gasteiger partial charge in [-0.25, -0.2) is 0 Å². The predicted octanol–water partition coefficient (Wildman–Crippen LogP) is 3.18. The quantitative estimate of drug-likeness (QED) is 0.484. The van der Waals surface area contributed by atoms with E-state index < -0.39 is 7.12 Å². The van der Waals surface area contributed by atoms with Crippen LogP contribution in [0.1, 0.15) is 37.7 Å². The molecule has 0 saturated carbocycles. The van der Waals surface area contributed by atoms with Gasteiger partial charge in [0.1, 0.15) is 0 Å². The third-order valence-electron chi connectivity index (χ3n) is 4.90. The van der Waals surface area contributed by atoms with Gasteiger partial charge in [0.05, 0.1) is 0 Å². The van der Waals surface area contributed by atoms with Crippen molar-refractivity contribution >= 4 is 30.3 Å². The Kier molecular flexibility index (Phi) is 8.34. The molecule has 0 amide bonds. The van der Waals surface area contributed by atoms with Gasteiger partial charge in [-0.15, -0.1) is 0 Å². The number of likely N-dealkylation sites (tertiary alicyclic amines) is 1. The highest BCUT2D eigenvalue weighted by molar-refractivity contribution is 6.40. The third-order valence-corrected chi connectivity index (χ3v) is 5.48. The maximum Gasteiger partial charge on any atom is 0.451 e. The lowest BCUT2D eigenvalue weighted by atomic mass is 9.82. The molecule has 1 heterocycles. The lowest BCUT2D eigenvalue weighted by Gasteiger charge is -2.35. The summed E-state index contributed by atoms with van der Waals surface area (Å²) in [5.41, 5.74) is 7.44. The summed E-state index contributed by atoms with van der Waals surface area (Å²) in [6, 6.07) is 5.89. The average Bonchev–Trinajstić information content (AvgIpc) is 2.54. The van der Waals surface area contributed by atoms with Crippen molar-refractivity contribution in [1.82, 2.24) is 4.90 Å². The number of benzene rings is 1. The van der Waals surface area contributed by atoms with Crippen LogP contribution in [0.3, 0.4) is 0 Å². The summed E-state index contributed by atoms with van der Waals surface area (Å²) in [6.07, 6.45) is 5.38. The van der Waals surface area contributed by atoms with E-state index in [9.17, 15) is 0 Å². The number of hydrogen-bond donors (Lipinski definition) is 3. The van der Waals surface area contributed by atoms with E-state index in [0.29, 0.717) is 17.3 Å². The van der Waals surface area contributed by atoms with Crippen molar-refractivity contribution < 1.29 is 10.0 Å². The summed E-state index contributed by atoms with van der Waals surface area (Å²) in [7, 11) is -1.19. The zero-order valence-corrected chi connectivity index (χ0v) is 15.5. The Morgan fingerprint density at radius 1 is 1.21 bits per heavy atom. The van der Waals surface area contributed by atoms with Crippen molar-refractivity contribution in [2.45, 2.75) is 51.0 Å². The standard InChI is InChI=1S/C17H27BCl2N2O2/c19-15-5-4-14(16(20)11-15)12-22-9-6-13(7-10-22)17(21)3-1-2-8-18(23)24/h4-5,11,13,17,23-24H,1-3,6-10,12,21H2. The molecule has 1 unspecified atom stereocenters. The normalized spacial score (nSPS) is 17.9. The minimum Gasteiger partial charge on any atom is -0.427 e. The van der Waals surface area contributed by atoms with E-state index in [-0.39, 0.29) is 6.04 Å². The number of nitrogens with zero attached hydrogens (tertiary/aromatic N) is 1. The first-order chi connectivity index (χ1) is 11.5. The minimum absolute atomic E-state index is 0.210. The summed E-state index contributed by atoms with van der Waals surface area (Å²) in [4.78, 5) is 2.42. The van der Waals surface area contributed by atoms with Gasteiger partial charge in [-0.05, 0) is 62.3 Å². The van der Waals surface area contributed by atoms with Crippen LogP contribution in [0.5, 0.6) is 0 Å². The summed E-state index contributed by atoms with van der Waals surface area (Å²) in [5.74, 6) is 0.556. The number of piperidine rings is 1. The van der Waals surface area contributed by atoms with Crippen LogP contribution in [0.25, 0.3) is 0 Å². The summed E-state index contributed by atoms with van der Waals surface area (Å²) in [5, 5.41) is 19.1. The summed E-state index contributed by atoms with van der Waals surface area (Å²) < 4.78 is 0. The highest BCUT2D eigenvalue weighted by Crippen LogP contribution is 2.26. The van der Waals surface area contributed by atoms with Gasteiger partial charge in [-0.1, -0.05) is 42.1 Å². The van der Waals surface area contributed by atoms with Gasteiger partial charge in [0, 0.05) is 22.6 Å². The maximum atomic E-state index is 8.85. The van der Waals surface area contributed by atoms with E-state index in [2.05, 4.69) is 4.90 Å². The van der Waals surface area contributed by atoms with Crippen LogP contribution >= 0.6 is 23.2 Å². The molecule has 1 aliphatic rings. The molecule has 0 bridgehead atoms. The second-order valence-electron chi connectivity index (χ2n) is 6.78. The van der Waals surface area contributed by atoms with E-state index in [0.717, 1.165) is 62.3 Å². The smallest absolute Gasteiger partial charge is 0.427 e.